The Balaban J connectivity index is 1.64. The van der Waals surface area contributed by atoms with Crippen molar-refractivity contribution in [2.75, 3.05) is 19.6 Å². The third-order valence-corrected chi connectivity index (χ3v) is 3.45. The van der Waals surface area contributed by atoms with Gasteiger partial charge >= 0.3 is 6.03 Å². The Hall–Kier alpha value is -1.26. The molecule has 0 bridgehead atoms. The maximum atomic E-state index is 11.8. The van der Waals surface area contributed by atoms with Gasteiger partial charge in [-0.3, -0.25) is 4.79 Å². The summed E-state index contributed by atoms with van der Waals surface area (Å²) >= 11 is 0. The van der Waals surface area contributed by atoms with Gasteiger partial charge in [-0.25, -0.2) is 4.79 Å². The van der Waals surface area contributed by atoms with Gasteiger partial charge in [0.2, 0.25) is 5.91 Å². The molecule has 1 saturated carbocycles. The van der Waals surface area contributed by atoms with Crippen molar-refractivity contribution < 1.29 is 9.59 Å². The van der Waals surface area contributed by atoms with Gasteiger partial charge in [-0.2, -0.15) is 0 Å². The molecule has 0 aromatic heterocycles. The standard InChI is InChI=1S/C12H21N3O2/c1-9-4-6-15(7-5-9)11(16)8-13-12(17)14-10-2-3-10/h9-10H,2-8H2,1H3,(H2,13,14,17). The lowest BCUT2D eigenvalue weighted by atomic mass is 9.99. The number of piperidine rings is 1. The van der Waals surface area contributed by atoms with Gasteiger partial charge in [-0.05, 0) is 31.6 Å². The van der Waals surface area contributed by atoms with E-state index in [0.717, 1.165) is 38.8 Å². The Labute approximate surface area is 102 Å². The number of nitrogens with one attached hydrogen (secondary N) is 2. The molecule has 0 aromatic carbocycles. The van der Waals surface area contributed by atoms with Crippen LogP contribution in [0.5, 0.6) is 0 Å². The first-order chi connectivity index (χ1) is 8.15. The molecule has 0 radical (unpaired) electrons. The number of carbonyl (C=O) groups excluding carboxylic acids is 2. The van der Waals surface area contributed by atoms with Crippen molar-refractivity contribution in [1.29, 1.82) is 0 Å². The van der Waals surface area contributed by atoms with E-state index in [9.17, 15) is 9.59 Å². The highest BCUT2D eigenvalue weighted by Crippen LogP contribution is 2.18. The summed E-state index contributed by atoms with van der Waals surface area (Å²) in [5.74, 6) is 0.744. The molecule has 2 fully saturated rings. The number of hydrogen-bond donors (Lipinski definition) is 2. The first-order valence-electron chi connectivity index (χ1n) is 6.47. The van der Waals surface area contributed by atoms with Gasteiger partial charge in [-0.1, -0.05) is 6.92 Å². The Morgan fingerprint density at radius 1 is 1.18 bits per heavy atom. The zero-order valence-corrected chi connectivity index (χ0v) is 10.4. The first kappa shape index (κ1) is 12.2. The molecule has 0 spiro atoms. The fourth-order valence-corrected chi connectivity index (χ4v) is 1.99. The summed E-state index contributed by atoms with van der Waals surface area (Å²) in [6, 6.07) is 0.118. The van der Waals surface area contributed by atoms with E-state index in [4.69, 9.17) is 0 Å². The lowest BCUT2D eigenvalue weighted by molar-refractivity contribution is -0.131. The molecule has 1 aliphatic carbocycles. The molecule has 96 valence electrons. The van der Waals surface area contributed by atoms with Crippen molar-refractivity contribution in [2.24, 2.45) is 5.92 Å². The van der Waals surface area contributed by atoms with E-state index >= 15 is 0 Å². The SMILES string of the molecule is CC1CCN(C(=O)CNC(=O)NC2CC2)CC1. The van der Waals surface area contributed by atoms with E-state index in [1.807, 2.05) is 4.90 Å². The van der Waals surface area contributed by atoms with Gasteiger partial charge in [0, 0.05) is 19.1 Å². The van der Waals surface area contributed by atoms with Crippen LogP contribution in [0.25, 0.3) is 0 Å². The van der Waals surface area contributed by atoms with Crippen LogP contribution in [0, 0.1) is 5.92 Å². The van der Waals surface area contributed by atoms with Crippen molar-refractivity contribution in [1.82, 2.24) is 15.5 Å². The van der Waals surface area contributed by atoms with Crippen molar-refractivity contribution >= 4 is 11.9 Å². The minimum Gasteiger partial charge on any atom is -0.341 e. The van der Waals surface area contributed by atoms with Crippen LogP contribution in [-0.2, 0) is 4.79 Å². The molecule has 2 N–H and O–H groups in total. The highest BCUT2D eigenvalue weighted by atomic mass is 16.2. The predicted octanol–water partition coefficient (Wildman–Crippen LogP) is 0.706. The summed E-state index contributed by atoms with van der Waals surface area (Å²) in [4.78, 5) is 25.0. The summed E-state index contributed by atoms with van der Waals surface area (Å²) in [5.41, 5.74) is 0. The summed E-state index contributed by atoms with van der Waals surface area (Å²) in [7, 11) is 0. The molecule has 0 unspecified atom stereocenters. The van der Waals surface area contributed by atoms with Gasteiger partial charge in [0.25, 0.3) is 0 Å². The smallest absolute Gasteiger partial charge is 0.315 e. The van der Waals surface area contributed by atoms with Gasteiger partial charge in [-0.15, -0.1) is 0 Å². The van der Waals surface area contributed by atoms with Crippen molar-refractivity contribution in [3.8, 4) is 0 Å². The molecule has 17 heavy (non-hydrogen) atoms. The average Bonchev–Trinajstić information content (AvgIpc) is 3.11. The normalized spacial score (nSPS) is 21.1. The number of urea groups is 1. The Kier molecular flexibility index (Phi) is 3.86. The second kappa shape index (κ2) is 5.38. The van der Waals surface area contributed by atoms with Crippen LogP contribution in [-0.4, -0.2) is 42.5 Å². The van der Waals surface area contributed by atoms with E-state index in [1.165, 1.54) is 0 Å². The molecule has 1 aliphatic heterocycles. The third-order valence-electron chi connectivity index (χ3n) is 3.45. The van der Waals surface area contributed by atoms with Gasteiger partial charge < -0.3 is 15.5 Å². The highest BCUT2D eigenvalue weighted by molar-refractivity contribution is 5.84. The monoisotopic (exact) mass is 239 g/mol. The van der Waals surface area contributed by atoms with Crippen LogP contribution in [0.2, 0.25) is 0 Å². The molecule has 5 nitrogen and oxygen atoms in total. The lowest BCUT2D eigenvalue weighted by Crippen LogP contribution is -2.46. The zero-order chi connectivity index (χ0) is 12.3. The quantitative estimate of drug-likeness (QED) is 0.762. The molecule has 3 amide bonds. The number of rotatable bonds is 3. The molecule has 5 heteroatoms. The van der Waals surface area contributed by atoms with Gasteiger partial charge in [0.05, 0.1) is 6.54 Å². The number of carbonyl (C=O) groups is 2. The van der Waals surface area contributed by atoms with Crippen LogP contribution < -0.4 is 10.6 Å². The van der Waals surface area contributed by atoms with E-state index in [2.05, 4.69) is 17.6 Å². The number of likely N-dealkylation sites (tertiary alicyclic amines) is 1. The molecule has 0 aromatic rings. The van der Waals surface area contributed by atoms with E-state index in [1.54, 1.807) is 0 Å². The van der Waals surface area contributed by atoms with E-state index in [-0.39, 0.29) is 18.5 Å². The molecule has 0 atom stereocenters. The summed E-state index contributed by atoms with van der Waals surface area (Å²) in [6.07, 6.45) is 4.26. The summed E-state index contributed by atoms with van der Waals surface area (Å²) < 4.78 is 0. The molecular weight excluding hydrogens is 218 g/mol. The summed E-state index contributed by atoms with van der Waals surface area (Å²) in [6.45, 7) is 3.98. The molecule has 1 heterocycles. The van der Waals surface area contributed by atoms with Crippen molar-refractivity contribution in [2.45, 2.75) is 38.6 Å². The van der Waals surface area contributed by atoms with E-state index < -0.39 is 0 Å². The minimum absolute atomic E-state index is 0.0304. The summed E-state index contributed by atoms with van der Waals surface area (Å²) in [5, 5.41) is 5.42. The second-order valence-corrected chi connectivity index (χ2v) is 5.16. The lowest BCUT2D eigenvalue weighted by Gasteiger charge is -2.30. The maximum Gasteiger partial charge on any atom is 0.315 e. The van der Waals surface area contributed by atoms with Crippen molar-refractivity contribution in [3.05, 3.63) is 0 Å². The fraction of sp³-hybridized carbons (Fsp3) is 0.833. The largest absolute Gasteiger partial charge is 0.341 e. The van der Waals surface area contributed by atoms with Crippen LogP contribution in [0.1, 0.15) is 32.6 Å². The maximum absolute atomic E-state index is 11.8. The topological polar surface area (TPSA) is 61.4 Å². The predicted molar refractivity (Wildman–Crippen MR) is 64.5 cm³/mol. The van der Waals surface area contributed by atoms with Crippen LogP contribution in [0.15, 0.2) is 0 Å². The zero-order valence-electron chi connectivity index (χ0n) is 10.4. The molecule has 2 aliphatic rings. The molecule has 1 saturated heterocycles. The first-order valence-corrected chi connectivity index (χ1v) is 6.47. The Bertz CT molecular complexity index is 294. The number of nitrogens with zero attached hydrogens (tertiary/aromatic N) is 1. The molecule has 2 rings (SSSR count). The van der Waals surface area contributed by atoms with E-state index in [0.29, 0.717) is 12.0 Å². The van der Waals surface area contributed by atoms with Crippen LogP contribution >= 0.6 is 0 Å². The minimum atomic E-state index is -0.216. The highest BCUT2D eigenvalue weighted by Gasteiger charge is 2.24. The number of amides is 3. The average molecular weight is 239 g/mol. The fourth-order valence-electron chi connectivity index (χ4n) is 1.99. The van der Waals surface area contributed by atoms with Gasteiger partial charge in [0.1, 0.15) is 0 Å². The van der Waals surface area contributed by atoms with Crippen LogP contribution in [0.3, 0.4) is 0 Å². The number of hydrogen-bond acceptors (Lipinski definition) is 2. The Morgan fingerprint density at radius 3 is 2.41 bits per heavy atom. The Morgan fingerprint density at radius 2 is 1.82 bits per heavy atom. The van der Waals surface area contributed by atoms with Gasteiger partial charge in [0.15, 0.2) is 0 Å². The second-order valence-electron chi connectivity index (χ2n) is 5.16. The van der Waals surface area contributed by atoms with Crippen LogP contribution in [0.4, 0.5) is 4.79 Å². The molecular formula is C12H21N3O2. The van der Waals surface area contributed by atoms with Crippen molar-refractivity contribution in [3.63, 3.8) is 0 Å². The third kappa shape index (κ3) is 3.91.